The molecule has 0 aliphatic carbocycles. The maximum absolute atomic E-state index is 4.16. The number of aromatic nitrogens is 1. The van der Waals surface area contributed by atoms with Crippen LogP contribution >= 0.6 is 12.6 Å². The van der Waals surface area contributed by atoms with Crippen molar-refractivity contribution in [1.82, 2.24) is 10.3 Å². The number of hydrogen-bond acceptors (Lipinski definition) is 3. The second-order valence-electron chi connectivity index (χ2n) is 4.03. The van der Waals surface area contributed by atoms with E-state index in [1.54, 1.807) is 6.20 Å². The summed E-state index contributed by atoms with van der Waals surface area (Å²) in [7, 11) is 0. The maximum atomic E-state index is 4.16. The van der Waals surface area contributed by atoms with Crippen molar-refractivity contribution in [1.29, 1.82) is 0 Å². The third kappa shape index (κ3) is 3.31. The Bertz CT molecular complexity index is 259. The van der Waals surface area contributed by atoms with Crippen LogP contribution in [0, 0.1) is 0 Å². The van der Waals surface area contributed by atoms with E-state index in [1.165, 1.54) is 5.56 Å². The van der Waals surface area contributed by atoms with Crippen molar-refractivity contribution in [2.75, 3.05) is 18.8 Å². The number of thiol groups is 1. The average molecular weight is 210 g/mol. The van der Waals surface area contributed by atoms with Gasteiger partial charge in [-0.05, 0) is 11.6 Å². The topological polar surface area (TPSA) is 24.9 Å². The summed E-state index contributed by atoms with van der Waals surface area (Å²) < 4.78 is 0. The molecular formula is C11H18N2S. The molecule has 1 heterocycles. The maximum Gasteiger partial charge on any atom is 0.0305 e. The second kappa shape index (κ2) is 5.37. The Morgan fingerprint density at radius 2 is 2.29 bits per heavy atom. The smallest absolute Gasteiger partial charge is 0.0305 e. The lowest BCUT2D eigenvalue weighted by atomic mass is 9.86. The molecule has 0 aliphatic rings. The summed E-state index contributed by atoms with van der Waals surface area (Å²) in [6.07, 6.45) is 3.74. The van der Waals surface area contributed by atoms with Crippen LogP contribution in [-0.4, -0.2) is 23.8 Å². The highest BCUT2D eigenvalue weighted by Crippen LogP contribution is 2.20. The van der Waals surface area contributed by atoms with Gasteiger partial charge in [-0.15, -0.1) is 0 Å². The minimum atomic E-state index is 0.136. The zero-order valence-electron chi connectivity index (χ0n) is 8.83. The van der Waals surface area contributed by atoms with Crippen LogP contribution < -0.4 is 5.32 Å². The van der Waals surface area contributed by atoms with Crippen LogP contribution in [-0.2, 0) is 5.41 Å². The minimum absolute atomic E-state index is 0.136. The molecule has 1 N–H and O–H groups in total. The summed E-state index contributed by atoms with van der Waals surface area (Å²) in [5.74, 6) is 0.878. The highest BCUT2D eigenvalue weighted by Gasteiger charge is 2.19. The van der Waals surface area contributed by atoms with Crippen molar-refractivity contribution in [3.8, 4) is 0 Å². The molecule has 0 unspecified atom stereocenters. The van der Waals surface area contributed by atoms with Crippen LogP contribution in [0.3, 0.4) is 0 Å². The molecule has 0 amide bonds. The fourth-order valence-corrected chi connectivity index (χ4v) is 1.50. The molecule has 0 saturated heterocycles. The summed E-state index contributed by atoms with van der Waals surface area (Å²) in [5, 5.41) is 3.37. The number of nitrogens with one attached hydrogen (secondary N) is 1. The molecule has 0 aromatic carbocycles. The SMILES string of the molecule is CC(C)(CNCCS)c1cccnc1. The van der Waals surface area contributed by atoms with E-state index in [1.807, 2.05) is 12.3 Å². The summed E-state index contributed by atoms with van der Waals surface area (Å²) in [6.45, 7) is 6.34. The van der Waals surface area contributed by atoms with Gasteiger partial charge in [0.2, 0.25) is 0 Å². The molecule has 0 aliphatic heterocycles. The van der Waals surface area contributed by atoms with Gasteiger partial charge in [-0.1, -0.05) is 19.9 Å². The lowest BCUT2D eigenvalue weighted by Crippen LogP contribution is -2.34. The molecule has 14 heavy (non-hydrogen) atoms. The molecule has 0 saturated carbocycles. The van der Waals surface area contributed by atoms with Gasteiger partial charge in [0.25, 0.3) is 0 Å². The summed E-state index contributed by atoms with van der Waals surface area (Å²) in [4.78, 5) is 4.14. The van der Waals surface area contributed by atoms with E-state index in [9.17, 15) is 0 Å². The number of hydrogen-bond donors (Lipinski definition) is 2. The number of pyridine rings is 1. The first-order valence-corrected chi connectivity index (χ1v) is 5.52. The van der Waals surface area contributed by atoms with Gasteiger partial charge in [0.05, 0.1) is 0 Å². The lowest BCUT2D eigenvalue weighted by molar-refractivity contribution is 0.477. The van der Waals surface area contributed by atoms with Crippen LogP contribution in [0.4, 0.5) is 0 Å². The Hall–Kier alpha value is -0.540. The molecule has 0 radical (unpaired) electrons. The van der Waals surface area contributed by atoms with Crippen molar-refractivity contribution in [3.05, 3.63) is 30.1 Å². The zero-order chi connectivity index (χ0) is 10.4. The molecule has 3 heteroatoms. The van der Waals surface area contributed by atoms with Crippen molar-refractivity contribution < 1.29 is 0 Å². The van der Waals surface area contributed by atoms with Gasteiger partial charge in [0.15, 0.2) is 0 Å². The van der Waals surface area contributed by atoms with Crippen LogP contribution in [0.25, 0.3) is 0 Å². The minimum Gasteiger partial charge on any atom is -0.315 e. The first-order chi connectivity index (χ1) is 6.67. The fourth-order valence-electron chi connectivity index (χ4n) is 1.35. The third-order valence-corrected chi connectivity index (χ3v) is 2.52. The second-order valence-corrected chi connectivity index (χ2v) is 4.47. The standard InChI is InChI=1S/C11H18N2S/c1-11(2,9-13-6-7-14)10-4-3-5-12-8-10/h3-5,8,13-14H,6-7,9H2,1-2H3. The van der Waals surface area contributed by atoms with Crippen LogP contribution in [0.15, 0.2) is 24.5 Å². The normalized spacial score (nSPS) is 11.6. The van der Waals surface area contributed by atoms with Crippen LogP contribution in [0.2, 0.25) is 0 Å². The molecule has 2 nitrogen and oxygen atoms in total. The van der Waals surface area contributed by atoms with E-state index in [0.29, 0.717) is 0 Å². The van der Waals surface area contributed by atoms with E-state index in [0.717, 1.165) is 18.8 Å². The Labute approximate surface area is 91.5 Å². The highest BCUT2D eigenvalue weighted by molar-refractivity contribution is 7.80. The number of rotatable bonds is 5. The van der Waals surface area contributed by atoms with Gasteiger partial charge >= 0.3 is 0 Å². The molecule has 0 atom stereocenters. The molecule has 1 aromatic rings. The van der Waals surface area contributed by atoms with E-state index in [2.05, 4.69) is 42.8 Å². The van der Waals surface area contributed by atoms with Gasteiger partial charge in [0, 0.05) is 36.7 Å². The molecule has 0 spiro atoms. The van der Waals surface area contributed by atoms with Gasteiger partial charge in [-0.25, -0.2) is 0 Å². The Morgan fingerprint density at radius 1 is 1.50 bits per heavy atom. The predicted molar refractivity (Wildman–Crippen MR) is 64.0 cm³/mol. The number of nitrogens with zero attached hydrogens (tertiary/aromatic N) is 1. The summed E-state index contributed by atoms with van der Waals surface area (Å²) >= 11 is 4.16. The van der Waals surface area contributed by atoms with Gasteiger partial charge in [-0.3, -0.25) is 4.98 Å². The summed E-state index contributed by atoms with van der Waals surface area (Å²) in [5.41, 5.74) is 1.41. The third-order valence-electron chi connectivity index (χ3n) is 2.30. The monoisotopic (exact) mass is 210 g/mol. The molecule has 0 fully saturated rings. The van der Waals surface area contributed by atoms with Crippen molar-refractivity contribution in [2.24, 2.45) is 0 Å². The molecule has 78 valence electrons. The first kappa shape index (κ1) is 11.5. The Balaban J connectivity index is 2.56. The fraction of sp³-hybridized carbons (Fsp3) is 0.545. The highest BCUT2D eigenvalue weighted by atomic mass is 32.1. The largest absolute Gasteiger partial charge is 0.315 e. The van der Waals surface area contributed by atoms with E-state index < -0.39 is 0 Å². The average Bonchev–Trinajstić information content (AvgIpc) is 2.19. The van der Waals surface area contributed by atoms with Crippen molar-refractivity contribution in [3.63, 3.8) is 0 Å². The molecule has 1 rings (SSSR count). The van der Waals surface area contributed by atoms with Crippen LogP contribution in [0.1, 0.15) is 19.4 Å². The predicted octanol–water partition coefficient (Wildman–Crippen LogP) is 1.88. The van der Waals surface area contributed by atoms with E-state index in [-0.39, 0.29) is 5.41 Å². The Kier molecular flexibility index (Phi) is 4.42. The van der Waals surface area contributed by atoms with Gasteiger partial charge in [-0.2, -0.15) is 12.6 Å². The van der Waals surface area contributed by atoms with Gasteiger partial charge < -0.3 is 5.32 Å². The summed E-state index contributed by atoms with van der Waals surface area (Å²) in [6, 6.07) is 4.10. The lowest BCUT2D eigenvalue weighted by Gasteiger charge is -2.25. The molecule has 0 bridgehead atoms. The first-order valence-electron chi connectivity index (χ1n) is 4.89. The molecular weight excluding hydrogens is 192 g/mol. The zero-order valence-corrected chi connectivity index (χ0v) is 9.72. The van der Waals surface area contributed by atoms with Crippen molar-refractivity contribution in [2.45, 2.75) is 19.3 Å². The van der Waals surface area contributed by atoms with E-state index in [4.69, 9.17) is 0 Å². The Morgan fingerprint density at radius 3 is 2.86 bits per heavy atom. The van der Waals surface area contributed by atoms with E-state index >= 15 is 0 Å². The quantitative estimate of drug-likeness (QED) is 0.573. The van der Waals surface area contributed by atoms with Crippen molar-refractivity contribution >= 4 is 12.6 Å². The molecule has 1 aromatic heterocycles. The van der Waals surface area contributed by atoms with Crippen LogP contribution in [0.5, 0.6) is 0 Å². The van der Waals surface area contributed by atoms with Gasteiger partial charge in [0.1, 0.15) is 0 Å².